The predicted octanol–water partition coefficient (Wildman–Crippen LogP) is 1.59. The number of amides is 1. The van der Waals surface area contributed by atoms with Gasteiger partial charge >= 0.3 is 0 Å². The quantitative estimate of drug-likeness (QED) is 0.750. The van der Waals surface area contributed by atoms with E-state index >= 15 is 0 Å². The first kappa shape index (κ1) is 21.7. The van der Waals surface area contributed by atoms with Gasteiger partial charge in [0.15, 0.2) is 0 Å². The molecule has 3 rings (SSSR count). The third kappa shape index (κ3) is 5.14. The third-order valence-electron chi connectivity index (χ3n) is 5.10. The number of carbonyl (C=O) groups excluding carboxylic acids is 1. The molecule has 2 aromatic rings. The number of carbonyl (C=O) groups is 1. The first-order chi connectivity index (χ1) is 14.3. The minimum Gasteiger partial charge on any atom is -0.353 e. The van der Waals surface area contributed by atoms with E-state index in [1.165, 1.54) is 0 Å². The van der Waals surface area contributed by atoms with E-state index < -0.39 is 10.0 Å². The number of rotatable bonds is 6. The summed E-state index contributed by atoms with van der Waals surface area (Å²) in [7, 11) is -3.65. The number of nitrogens with zero attached hydrogens (tertiary/aromatic N) is 4. The number of nitrogens with one attached hydrogen (secondary N) is 1. The van der Waals surface area contributed by atoms with Crippen LogP contribution in [-0.4, -0.2) is 56.9 Å². The Morgan fingerprint density at radius 3 is 2.60 bits per heavy atom. The summed E-state index contributed by atoms with van der Waals surface area (Å²) in [5.41, 5.74) is 2.09. The Labute approximate surface area is 177 Å². The largest absolute Gasteiger partial charge is 0.353 e. The summed E-state index contributed by atoms with van der Waals surface area (Å²) in [6.45, 7) is 5.93. The van der Waals surface area contributed by atoms with Crippen molar-refractivity contribution in [2.45, 2.75) is 25.2 Å². The highest BCUT2D eigenvalue weighted by molar-refractivity contribution is 7.89. The third-order valence-corrected chi connectivity index (χ3v) is 6.70. The van der Waals surface area contributed by atoms with Crippen molar-refractivity contribution in [3.8, 4) is 6.07 Å². The minimum absolute atomic E-state index is 0.0561. The molecule has 158 valence electrons. The maximum atomic E-state index is 12.5. The lowest BCUT2D eigenvalue weighted by atomic mass is 10.2. The van der Waals surface area contributed by atoms with Crippen LogP contribution in [0.1, 0.15) is 23.1 Å². The molecule has 0 atom stereocenters. The van der Waals surface area contributed by atoms with Crippen molar-refractivity contribution >= 4 is 21.7 Å². The van der Waals surface area contributed by atoms with Crippen LogP contribution in [0.3, 0.4) is 0 Å². The van der Waals surface area contributed by atoms with Gasteiger partial charge in [-0.3, -0.25) is 4.79 Å². The van der Waals surface area contributed by atoms with Crippen molar-refractivity contribution in [1.82, 2.24) is 14.6 Å². The van der Waals surface area contributed by atoms with Gasteiger partial charge in [-0.2, -0.15) is 5.26 Å². The molecule has 0 saturated carbocycles. The Kier molecular flexibility index (Phi) is 6.70. The number of benzene rings is 1. The van der Waals surface area contributed by atoms with E-state index in [1.54, 1.807) is 42.3 Å². The van der Waals surface area contributed by atoms with Gasteiger partial charge in [0.25, 0.3) is 0 Å². The molecule has 0 unspecified atom stereocenters. The molecule has 8 nitrogen and oxygen atoms in total. The summed E-state index contributed by atoms with van der Waals surface area (Å²) in [5, 5.41) is 9.02. The van der Waals surface area contributed by atoms with Gasteiger partial charge in [0, 0.05) is 45.3 Å². The molecule has 0 spiro atoms. The number of hydrogen-bond donors (Lipinski definition) is 1. The monoisotopic (exact) mass is 427 g/mol. The molecule has 0 radical (unpaired) electrons. The first-order valence-corrected chi connectivity index (χ1v) is 11.2. The van der Waals surface area contributed by atoms with E-state index in [9.17, 15) is 13.2 Å². The minimum atomic E-state index is -3.65. The van der Waals surface area contributed by atoms with Crippen LogP contribution >= 0.6 is 0 Å². The van der Waals surface area contributed by atoms with Gasteiger partial charge in [0.05, 0.1) is 16.5 Å². The molecular weight excluding hydrogens is 402 g/mol. The van der Waals surface area contributed by atoms with Crippen LogP contribution in [0.5, 0.6) is 0 Å². The summed E-state index contributed by atoms with van der Waals surface area (Å²) in [6, 6.07) is 10.8. The van der Waals surface area contributed by atoms with Crippen LogP contribution in [0, 0.1) is 25.2 Å². The molecule has 9 heteroatoms. The van der Waals surface area contributed by atoms with E-state index in [0.717, 1.165) is 11.4 Å². The van der Waals surface area contributed by atoms with Crippen molar-refractivity contribution in [3.63, 3.8) is 0 Å². The maximum Gasteiger partial charge on any atom is 0.240 e. The van der Waals surface area contributed by atoms with E-state index in [-0.39, 0.29) is 23.8 Å². The fourth-order valence-corrected chi connectivity index (χ4v) is 4.73. The number of sulfonamides is 1. The number of anilines is 1. The highest BCUT2D eigenvalue weighted by atomic mass is 32.2. The Morgan fingerprint density at radius 2 is 1.90 bits per heavy atom. The van der Waals surface area contributed by atoms with Crippen LogP contribution in [0.25, 0.3) is 0 Å². The lowest BCUT2D eigenvalue weighted by Gasteiger charge is -2.35. The number of hydrogen-bond acceptors (Lipinski definition) is 6. The zero-order chi connectivity index (χ0) is 21.7. The van der Waals surface area contributed by atoms with E-state index in [2.05, 4.69) is 15.8 Å². The van der Waals surface area contributed by atoms with Gasteiger partial charge in [0.2, 0.25) is 15.9 Å². The fraction of sp³-hybridized carbons (Fsp3) is 0.381. The van der Waals surface area contributed by atoms with E-state index in [1.807, 2.05) is 17.9 Å². The zero-order valence-corrected chi connectivity index (χ0v) is 17.9. The second-order valence-electron chi connectivity index (χ2n) is 7.30. The first-order valence-electron chi connectivity index (χ1n) is 9.76. The van der Waals surface area contributed by atoms with Crippen molar-refractivity contribution < 1.29 is 13.2 Å². The predicted molar refractivity (Wildman–Crippen MR) is 113 cm³/mol. The highest BCUT2D eigenvalue weighted by Crippen LogP contribution is 2.17. The van der Waals surface area contributed by atoms with Crippen molar-refractivity contribution in [2.75, 3.05) is 37.6 Å². The average Bonchev–Trinajstić information content (AvgIpc) is 2.75. The maximum absolute atomic E-state index is 12.5. The molecule has 1 saturated heterocycles. The van der Waals surface area contributed by atoms with Gasteiger partial charge < -0.3 is 9.80 Å². The lowest BCUT2D eigenvalue weighted by molar-refractivity contribution is -0.131. The van der Waals surface area contributed by atoms with Crippen molar-refractivity contribution in [3.05, 3.63) is 53.2 Å². The molecule has 1 amide bonds. The van der Waals surface area contributed by atoms with Crippen LogP contribution in [0.2, 0.25) is 0 Å². The molecule has 1 fully saturated rings. The SMILES string of the molecule is Cc1ccc(C)c(S(=O)(=O)NCCC(=O)N2CCN(c3cc(C#N)ccn3)CC2)c1. The molecule has 0 bridgehead atoms. The summed E-state index contributed by atoms with van der Waals surface area (Å²) >= 11 is 0. The normalized spacial score (nSPS) is 14.4. The summed E-state index contributed by atoms with van der Waals surface area (Å²) in [6.07, 6.45) is 1.71. The molecule has 0 aliphatic carbocycles. The molecule has 1 N–H and O–H groups in total. The Balaban J connectivity index is 1.50. The van der Waals surface area contributed by atoms with Crippen LogP contribution in [0.4, 0.5) is 5.82 Å². The molecule has 1 aliphatic heterocycles. The average molecular weight is 428 g/mol. The standard InChI is InChI=1S/C21H25N5O3S/c1-16-3-4-17(2)19(13-16)30(28,29)24-8-6-21(27)26-11-9-25(10-12-26)20-14-18(15-22)5-7-23-20/h3-5,7,13-14,24H,6,8-12H2,1-2H3. The number of nitriles is 1. The fourth-order valence-electron chi connectivity index (χ4n) is 3.37. The molecule has 1 aliphatic rings. The van der Waals surface area contributed by atoms with Crippen molar-refractivity contribution in [2.24, 2.45) is 0 Å². The number of aromatic nitrogens is 1. The smallest absolute Gasteiger partial charge is 0.240 e. The van der Waals surface area contributed by atoms with Gasteiger partial charge in [-0.05, 0) is 43.2 Å². The van der Waals surface area contributed by atoms with Gasteiger partial charge in [0.1, 0.15) is 5.82 Å². The van der Waals surface area contributed by atoms with Crippen LogP contribution < -0.4 is 9.62 Å². The van der Waals surface area contributed by atoms with Crippen LogP contribution in [0.15, 0.2) is 41.4 Å². The zero-order valence-electron chi connectivity index (χ0n) is 17.1. The topological polar surface area (TPSA) is 106 Å². The van der Waals surface area contributed by atoms with E-state index in [4.69, 9.17) is 5.26 Å². The summed E-state index contributed by atoms with van der Waals surface area (Å²) in [4.78, 5) is 20.8. The molecule has 1 aromatic heterocycles. The number of pyridine rings is 1. The van der Waals surface area contributed by atoms with Gasteiger partial charge in [-0.1, -0.05) is 12.1 Å². The molecule has 30 heavy (non-hydrogen) atoms. The molecular formula is C21H25N5O3S. The highest BCUT2D eigenvalue weighted by Gasteiger charge is 2.23. The van der Waals surface area contributed by atoms with E-state index in [0.29, 0.717) is 37.3 Å². The number of piperazine rings is 1. The second-order valence-corrected chi connectivity index (χ2v) is 9.03. The Hall–Kier alpha value is -2.96. The number of aryl methyl sites for hydroxylation is 2. The second kappa shape index (κ2) is 9.24. The molecule has 2 heterocycles. The van der Waals surface area contributed by atoms with Gasteiger partial charge in [-0.25, -0.2) is 18.1 Å². The Morgan fingerprint density at radius 1 is 1.17 bits per heavy atom. The van der Waals surface area contributed by atoms with Crippen molar-refractivity contribution in [1.29, 1.82) is 5.26 Å². The summed E-state index contributed by atoms with van der Waals surface area (Å²) in [5.74, 6) is 0.638. The Bertz CT molecular complexity index is 1070. The summed E-state index contributed by atoms with van der Waals surface area (Å²) < 4.78 is 27.6. The van der Waals surface area contributed by atoms with Gasteiger partial charge in [-0.15, -0.1) is 0 Å². The van der Waals surface area contributed by atoms with Crippen LogP contribution in [-0.2, 0) is 14.8 Å². The molecule has 1 aromatic carbocycles. The lowest BCUT2D eigenvalue weighted by Crippen LogP contribution is -2.49.